The molecule has 12 nitrogen and oxygen atoms in total. The Kier molecular flexibility index (Phi) is 18.8. The number of rotatable bonds is 18. The Morgan fingerprint density at radius 3 is 1.38 bits per heavy atom. The normalized spacial score (nSPS) is 26.1. The summed E-state index contributed by atoms with van der Waals surface area (Å²) in [7, 11) is 0. The molecule has 2 N–H and O–H groups in total. The Morgan fingerprint density at radius 2 is 1.02 bits per heavy atom. The highest BCUT2D eigenvalue weighted by Crippen LogP contribution is 2.40. The highest BCUT2D eigenvalue weighted by Gasteiger charge is 2.43. The summed E-state index contributed by atoms with van der Waals surface area (Å²) in [5.41, 5.74) is 2.42. The molecule has 2 saturated carbocycles. The summed E-state index contributed by atoms with van der Waals surface area (Å²) in [5, 5.41) is 6.44. The number of ether oxygens (including phenoxy) is 6. The molecule has 2 aromatic rings. The maximum absolute atomic E-state index is 13.6. The standard InChI is InChI=1S/C52H62Br2N2O10/c1-31(2)37-23-21-33(5)27-41(37)63-51-45(43(53)49(59)65-51)55-39(29-35-17-11-9-12-18-35)47(57)61-25-15-7-8-16-26-62-48(58)40(30-36-19-13-10-14-20-36)56-46-44(54)50(60)66-52(46)64-42-28-34(6)22-24-38(42)32(3)4/h9-14,17-20,31-34,37-42,51-52,55-56H,21-30H2,1-6H3/t33-,34-,37+,38+,39+,40+,41-,42-,51+,52+/m1/s1. The zero-order valence-electron chi connectivity index (χ0n) is 38.6. The lowest BCUT2D eigenvalue weighted by atomic mass is 9.75. The van der Waals surface area contributed by atoms with Crippen LogP contribution in [0.15, 0.2) is 81.0 Å². The second-order valence-electron chi connectivity index (χ2n) is 18.5. The lowest BCUT2D eigenvalue weighted by molar-refractivity contribution is -0.183. The van der Waals surface area contributed by atoms with Crippen molar-refractivity contribution in [2.24, 2.45) is 35.5 Å². The van der Waals surface area contributed by atoms with E-state index in [1.54, 1.807) is 0 Å². The molecule has 14 heteroatoms. The summed E-state index contributed by atoms with van der Waals surface area (Å²) in [6.45, 7) is 12.6. The SMILES string of the molecule is CC(C)[C@@H]1CC[C@@H](C)C[C@H]1O[C@H]1OC(=O)C(Br)=C1N[C@@H](Cc1ccccc1)C(=O)OCC#CC#CCOC(=O)[C@H](Cc1ccccc1)NC1=C(Br)C(=O)O[C@@H]1O[C@@H]1C[C@H](C)CC[C@H]1C(C)C. The van der Waals surface area contributed by atoms with Gasteiger partial charge in [0.25, 0.3) is 0 Å². The summed E-state index contributed by atoms with van der Waals surface area (Å²) in [5.74, 6) is 10.8. The first-order valence-corrected chi connectivity index (χ1v) is 24.7. The van der Waals surface area contributed by atoms with Gasteiger partial charge in [-0.1, -0.05) is 115 Å². The predicted molar refractivity (Wildman–Crippen MR) is 256 cm³/mol. The van der Waals surface area contributed by atoms with Crippen molar-refractivity contribution in [2.75, 3.05) is 13.2 Å². The van der Waals surface area contributed by atoms with Gasteiger partial charge >= 0.3 is 23.9 Å². The highest BCUT2D eigenvalue weighted by molar-refractivity contribution is 9.12. The monoisotopic (exact) mass is 1030 g/mol. The van der Waals surface area contributed by atoms with Crippen LogP contribution in [0.25, 0.3) is 0 Å². The first-order valence-electron chi connectivity index (χ1n) is 23.1. The van der Waals surface area contributed by atoms with E-state index in [2.05, 4.69) is 108 Å². The van der Waals surface area contributed by atoms with Gasteiger partial charge in [-0.15, -0.1) is 0 Å². The molecule has 0 aromatic heterocycles. The van der Waals surface area contributed by atoms with Crippen molar-refractivity contribution in [3.8, 4) is 23.7 Å². The zero-order chi connectivity index (χ0) is 47.3. The summed E-state index contributed by atoms with van der Waals surface area (Å²) >= 11 is 6.76. The number of esters is 4. The van der Waals surface area contributed by atoms with Gasteiger partial charge in [-0.05, 0) is 128 Å². The fraction of sp³-hybridized carbons (Fsp3) is 0.538. The Balaban J connectivity index is 1.07. The molecular weight excluding hydrogens is 972 g/mol. The molecule has 10 atom stereocenters. The average Bonchev–Trinajstić information content (AvgIpc) is 3.70. The molecule has 0 spiro atoms. The van der Waals surface area contributed by atoms with Gasteiger partial charge in [-0.3, -0.25) is 0 Å². The summed E-state index contributed by atoms with van der Waals surface area (Å²) < 4.78 is 35.9. The number of carbonyl (C=O) groups excluding carboxylic acids is 4. The number of halogens is 2. The summed E-state index contributed by atoms with van der Waals surface area (Å²) in [6, 6.07) is 17.1. The van der Waals surface area contributed by atoms with Crippen LogP contribution < -0.4 is 10.6 Å². The van der Waals surface area contributed by atoms with Gasteiger partial charge in [0, 0.05) is 12.8 Å². The van der Waals surface area contributed by atoms with Crippen LogP contribution >= 0.6 is 31.9 Å². The molecule has 0 radical (unpaired) electrons. The van der Waals surface area contributed by atoms with Gasteiger partial charge in [0.05, 0.1) is 12.2 Å². The third-order valence-electron chi connectivity index (χ3n) is 12.9. The van der Waals surface area contributed by atoms with E-state index < -0.39 is 48.5 Å². The predicted octanol–water partition coefficient (Wildman–Crippen LogP) is 8.42. The van der Waals surface area contributed by atoms with Crippen molar-refractivity contribution in [3.63, 3.8) is 0 Å². The number of cyclic esters (lactones) is 2. The lowest BCUT2D eigenvalue weighted by Gasteiger charge is -2.38. The van der Waals surface area contributed by atoms with Crippen LogP contribution in [0.2, 0.25) is 0 Å². The lowest BCUT2D eigenvalue weighted by Crippen LogP contribution is -2.44. The molecule has 2 heterocycles. The molecular formula is C52H62Br2N2O10. The molecule has 354 valence electrons. The maximum Gasteiger partial charge on any atom is 0.349 e. The molecule has 2 fully saturated rings. The fourth-order valence-electron chi connectivity index (χ4n) is 9.19. The molecule has 2 aliphatic heterocycles. The molecule has 6 rings (SSSR count). The number of nitrogens with one attached hydrogen (secondary N) is 2. The molecule has 0 unspecified atom stereocenters. The van der Waals surface area contributed by atoms with E-state index in [1.165, 1.54) is 0 Å². The summed E-state index contributed by atoms with van der Waals surface area (Å²) in [4.78, 5) is 53.0. The van der Waals surface area contributed by atoms with E-state index in [-0.39, 0.29) is 47.2 Å². The largest absolute Gasteiger partial charge is 0.451 e. The minimum atomic E-state index is -1.01. The molecule has 0 amide bonds. The molecule has 4 aliphatic rings. The molecule has 0 saturated heterocycles. The van der Waals surface area contributed by atoms with Crippen molar-refractivity contribution in [2.45, 2.75) is 130 Å². The minimum absolute atomic E-state index is 0.117. The second kappa shape index (κ2) is 24.4. The highest BCUT2D eigenvalue weighted by atomic mass is 79.9. The van der Waals surface area contributed by atoms with Crippen LogP contribution in [-0.4, -0.2) is 74.0 Å². The smallest absolute Gasteiger partial charge is 0.349 e. The number of carbonyl (C=O) groups is 4. The van der Waals surface area contributed by atoms with Crippen molar-refractivity contribution < 1.29 is 47.6 Å². The van der Waals surface area contributed by atoms with Crippen LogP contribution in [-0.2, 0) is 60.4 Å². The van der Waals surface area contributed by atoms with Gasteiger partial charge < -0.3 is 39.1 Å². The average molecular weight is 1030 g/mol. The van der Waals surface area contributed by atoms with E-state index >= 15 is 0 Å². The Hall–Kier alpha value is -4.60. The van der Waals surface area contributed by atoms with Crippen molar-refractivity contribution in [1.29, 1.82) is 0 Å². The third kappa shape index (κ3) is 14.0. The van der Waals surface area contributed by atoms with E-state index in [0.717, 1.165) is 49.7 Å². The van der Waals surface area contributed by atoms with Crippen LogP contribution in [0.3, 0.4) is 0 Å². The van der Waals surface area contributed by atoms with E-state index in [0.29, 0.717) is 46.9 Å². The van der Waals surface area contributed by atoms with Gasteiger partial charge in [-0.2, -0.15) is 0 Å². The Labute approximate surface area is 406 Å². The zero-order valence-corrected chi connectivity index (χ0v) is 41.8. The summed E-state index contributed by atoms with van der Waals surface area (Å²) in [6.07, 6.45) is 4.22. The quantitative estimate of drug-likeness (QED) is 0.0840. The Morgan fingerprint density at radius 1 is 0.636 bits per heavy atom. The van der Waals surface area contributed by atoms with Gasteiger partial charge in [0.2, 0.25) is 12.6 Å². The van der Waals surface area contributed by atoms with E-state index in [1.807, 2.05) is 60.7 Å². The van der Waals surface area contributed by atoms with Crippen molar-refractivity contribution >= 4 is 55.7 Å². The fourth-order valence-corrected chi connectivity index (χ4v) is 9.98. The van der Waals surface area contributed by atoms with Gasteiger partial charge in [0.1, 0.15) is 32.4 Å². The number of hydrogen-bond acceptors (Lipinski definition) is 12. The van der Waals surface area contributed by atoms with Gasteiger partial charge in [0.15, 0.2) is 13.2 Å². The number of benzene rings is 2. The van der Waals surface area contributed by atoms with Gasteiger partial charge in [-0.25, -0.2) is 19.2 Å². The molecule has 2 aromatic carbocycles. The topological polar surface area (TPSA) is 148 Å². The first-order chi connectivity index (χ1) is 31.7. The van der Waals surface area contributed by atoms with Crippen LogP contribution in [0, 0.1) is 59.2 Å². The van der Waals surface area contributed by atoms with Crippen molar-refractivity contribution in [1.82, 2.24) is 10.6 Å². The molecule has 2 aliphatic carbocycles. The van der Waals surface area contributed by atoms with Crippen LogP contribution in [0.5, 0.6) is 0 Å². The maximum atomic E-state index is 13.6. The van der Waals surface area contributed by atoms with E-state index in [4.69, 9.17) is 28.4 Å². The first kappa shape index (κ1) is 50.8. The van der Waals surface area contributed by atoms with Crippen LogP contribution in [0.4, 0.5) is 0 Å². The number of hydrogen-bond donors (Lipinski definition) is 2. The molecule has 66 heavy (non-hydrogen) atoms. The third-order valence-corrected chi connectivity index (χ3v) is 14.4. The van der Waals surface area contributed by atoms with Crippen LogP contribution in [0.1, 0.15) is 91.2 Å². The minimum Gasteiger partial charge on any atom is -0.451 e. The second-order valence-corrected chi connectivity index (χ2v) is 20.1. The van der Waals surface area contributed by atoms with E-state index in [9.17, 15) is 19.2 Å². The molecule has 0 bridgehead atoms. The van der Waals surface area contributed by atoms with Crippen molar-refractivity contribution in [3.05, 3.63) is 92.1 Å². The Bertz CT molecular complexity index is 2050.